The van der Waals surface area contributed by atoms with Gasteiger partial charge in [-0.25, -0.2) is 0 Å². The number of nitrogens with one attached hydrogen (secondary N) is 1. The van der Waals surface area contributed by atoms with Crippen LogP contribution in [0.15, 0.2) is 30.3 Å². The van der Waals surface area contributed by atoms with Gasteiger partial charge in [0, 0.05) is 12.5 Å². The number of benzene rings is 1. The standard InChI is InChI=1S/C15H23NO/c1-3-8-13(2)15(17)16-12-7-11-14-9-5-4-6-10-14/h4-6,9-10,13H,3,7-8,11-12H2,1-2H3,(H,16,17). The van der Waals surface area contributed by atoms with Gasteiger partial charge in [-0.1, -0.05) is 50.6 Å². The second kappa shape index (κ2) is 7.88. The molecule has 0 fully saturated rings. The van der Waals surface area contributed by atoms with Gasteiger partial charge in [-0.3, -0.25) is 4.79 Å². The molecule has 1 amide bonds. The summed E-state index contributed by atoms with van der Waals surface area (Å²) in [6.45, 7) is 4.89. The van der Waals surface area contributed by atoms with Crippen LogP contribution in [0.25, 0.3) is 0 Å². The van der Waals surface area contributed by atoms with Crippen molar-refractivity contribution in [2.45, 2.75) is 39.5 Å². The third kappa shape index (κ3) is 5.53. The lowest BCUT2D eigenvalue weighted by Gasteiger charge is -2.10. The fraction of sp³-hybridized carbons (Fsp3) is 0.533. The summed E-state index contributed by atoms with van der Waals surface area (Å²) >= 11 is 0. The monoisotopic (exact) mass is 233 g/mol. The lowest BCUT2D eigenvalue weighted by atomic mass is 10.1. The molecule has 0 aliphatic heterocycles. The van der Waals surface area contributed by atoms with Crippen LogP contribution in [0.5, 0.6) is 0 Å². The van der Waals surface area contributed by atoms with E-state index >= 15 is 0 Å². The van der Waals surface area contributed by atoms with Gasteiger partial charge in [0.15, 0.2) is 0 Å². The molecule has 0 saturated carbocycles. The molecule has 17 heavy (non-hydrogen) atoms. The first-order chi connectivity index (χ1) is 8.24. The molecule has 2 nitrogen and oxygen atoms in total. The first-order valence-corrected chi connectivity index (χ1v) is 6.55. The zero-order valence-corrected chi connectivity index (χ0v) is 10.9. The highest BCUT2D eigenvalue weighted by molar-refractivity contribution is 5.78. The van der Waals surface area contributed by atoms with Gasteiger partial charge in [-0.2, -0.15) is 0 Å². The number of hydrogen-bond donors (Lipinski definition) is 1. The van der Waals surface area contributed by atoms with Crippen LogP contribution in [0.1, 0.15) is 38.7 Å². The van der Waals surface area contributed by atoms with Crippen LogP contribution in [0.4, 0.5) is 0 Å². The molecule has 1 atom stereocenters. The maximum Gasteiger partial charge on any atom is 0.222 e. The smallest absolute Gasteiger partial charge is 0.222 e. The SMILES string of the molecule is CCCC(C)C(=O)NCCCc1ccccc1. The van der Waals surface area contributed by atoms with Crippen LogP contribution in [0.2, 0.25) is 0 Å². The van der Waals surface area contributed by atoms with E-state index in [1.54, 1.807) is 0 Å². The molecular formula is C15H23NO. The summed E-state index contributed by atoms with van der Waals surface area (Å²) in [4.78, 5) is 11.6. The molecule has 94 valence electrons. The Balaban J connectivity index is 2.14. The van der Waals surface area contributed by atoms with E-state index in [4.69, 9.17) is 0 Å². The fourth-order valence-electron chi connectivity index (χ4n) is 1.89. The third-order valence-electron chi connectivity index (χ3n) is 2.95. The highest BCUT2D eigenvalue weighted by Gasteiger charge is 2.10. The molecule has 0 spiro atoms. The minimum Gasteiger partial charge on any atom is -0.356 e. The Kier molecular flexibility index (Phi) is 6.38. The van der Waals surface area contributed by atoms with Gasteiger partial charge in [0.25, 0.3) is 0 Å². The Morgan fingerprint density at radius 2 is 2.00 bits per heavy atom. The van der Waals surface area contributed by atoms with E-state index in [0.717, 1.165) is 32.2 Å². The summed E-state index contributed by atoms with van der Waals surface area (Å²) in [6, 6.07) is 10.4. The summed E-state index contributed by atoms with van der Waals surface area (Å²) in [6.07, 6.45) is 4.08. The van der Waals surface area contributed by atoms with E-state index in [1.807, 2.05) is 13.0 Å². The minimum absolute atomic E-state index is 0.150. The van der Waals surface area contributed by atoms with Crippen molar-refractivity contribution in [3.05, 3.63) is 35.9 Å². The molecule has 0 radical (unpaired) electrons. The molecular weight excluding hydrogens is 210 g/mol. The Bertz CT molecular complexity index is 321. The second-order valence-corrected chi connectivity index (χ2v) is 4.57. The van der Waals surface area contributed by atoms with Gasteiger partial charge < -0.3 is 5.32 Å². The van der Waals surface area contributed by atoms with E-state index in [1.165, 1.54) is 5.56 Å². The van der Waals surface area contributed by atoms with Gasteiger partial charge in [0.1, 0.15) is 0 Å². The van der Waals surface area contributed by atoms with Crippen molar-refractivity contribution in [1.29, 1.82) is 0 Å². The summed E-state index contributed by atoms with van der Waals surface area (Å²) in [5, 5.41) is 3.00. The highest BCUT2D eigenvalue weighted by atomic mass is 16.1. The topological polar surface area (TPSA) is 29.1 Å². The molecule has 1 unspecified atom stereocenters. The Hall–Kier alpha value is -1.31. The maximum absolute atomic E-state index is 11.6. The Morgan fingerprint density at radius 1 is 1.29 bits per heavy atom. The summed E-state index contributed by atoms with van der Waals surface area (Å²) in [7, 11) is 0. The van der Waals surface area contributed by atoms with Gasteiger partial charge >= 0.3 is 0 Å². The third-order valence-corrected chi connectivity index (χ3v) is 2.95. The molecule has 1 N–H and O–H groups in total. The van der Waals surface area contributed by atoms with Crippen molar-refractivity contribution >= 4 is 5.91 Å². The van der Waals surface area contributed by atoms with Crippen molar-refractivity contribution in [2.24, 2.45) is 5.92 Å². The average molecular weight is 233 g/mol. The van der Waals surface area contributed by atoms with Gasteiger partial charge in [-0.05, 0) is 24.8 Å². The van der Waals surface area contributed by atoms with Crippen molar-refractivity contribution < 1.29 is 4.79 Å². The number of carbonyl (C=O) groups excluding carboxylic acids is 1. The predicted molar refractivity (Wildman–Crippen MR) is 71.8 cm³/mol. The highest BCUT2D eigenvalue weighted by Crippen LogP contribution is 2.05. The number of rotatable bonds is 7. The number of hydrogen-bond acceptors (Lipinski definition) is 1. The van der Waals surface area contributed by atoms with Crippen LogP contribution in [-0.4, -0.2) is 12.5 Å². The summed E-state index contributed by atoms with van der Waals surface area (Å²) < 4.78 is 0. The second-order valence-electron chi connectivity index (χ2n) is 4.57. The van der Waals surface area contributed by atoms with Crippen LogP contribution in [-0.2, 0) is 11.2 Å². The van der Waals surface area contributed by atoms with Crippen molar-refractivity contribution in [3.8, 4) is 0 Å². The Morgan fingerprint density at radius 3 is 2.65 bits per heavy atom. The zero-order chi connectivity index (χ0) is 12.5. The van der Waals surface area contributed by atoms with Crippen LogP contribution in [0.3, 0.4) is 0 Å². The molecule has 0 aliphatic rings. The van der Waals surface area contributed by atoms with Gasteiger partial charge in [0.2, 0.25) is 5.91 Å². The van der Waals surface area contributed by atoms with E-state index in [0.29, 0.717) is 0 Å². The molecule has 1 aromatic rings. The average Bonchev–Trinajstić information content (AvgIpc) is 2.36. The van der Waals surface area contributed by atoms with Crippen molar-refractivity contribution in [2.75, 3.05) is 6.54 Å². The van der Waals surface area contributed by atoms with Crippen molar-refractivity contribution in [1.82, 2.24) is 5.32 Å². The largest absolute Gasteiger partial charge is 0.356 e. The number of amides is 1. The minimum atomic E-state index is 0.150. The van der Waals surface area contributed by atoms with E-state index in [9.17, 15) is 4.79 Å². The number of carbonyl (C=O) groups is 1. The van der Waals surface area contributed by atoms with Crippen LogP contribution >= 0.6 is 0 Å². The molecule has 2 heteroatoms. The molecule has 0 aromatic heterocycles. The van der Waals surface area contributed by atoms with E-state index in [2.05, 4.69) is 36.5 Å². The van der Waals surface area contributed by atoms with Crippen LogP contribution < -0.4 is 5.32 Å². The maximum atomic E-state index is 11.6. The van der Waals surface area contributed by atoms with E-state index < -0.39 is 0 Å². The normalized spacial score (nSPS) is 12.1. The summed E-state index contributed by atoms with van der Waals surface area (Å²) in [5.41, 5.74) is 1.34. The van der Waals surface area contributed by atoms with E-state index in [-0.39, 0.29) is 11.8 Å². The van der Waals surface area contributed by atoms with Crippen molar-refractivity contribution in [3.63, 3.8) is 0 Å². The molecule has 1 aromatic carbocycles. The van der Waals surface area contributed by atoms with Gasteiger partial charge in [-0.15, -0.1) is 0 Å². The molecule has 0 heterocycles. The molecule has 0 bridgehead atoms. The predicted octanol–water partition coefficient (Wildman–Crippen LogP) is 3.17. The quantitative estimate of drug-likeness (QED) is 0.720. The first kappa shape index (κ1) is 13.8. The van der Waals surface area contributed by atoms with Gasteiger partial charge in [0.05, 0.1) is 0 Å². The molecule has 0 aliphatic carbocycles. The molecule has 0 saturated heterocycles. The molecule has 1 rings (SSSR count). The van der Waals surface area contributed by atoms with Crippen LogP contribution in [0, 0.1) is 5.92 Å². The Labute approximate surface area is 104 Å². The number of aryl methyl sites for hydroxylation is 1. The first-order valence-electron chi connectivity index (χ1n) is 6.55. The lowest BCUT2D eigenvalue weighted by molar-refractivity contribution is -0.124. The fourth-order valence-corrected chi connectivity index (χ4v) is 1.89. The summed E-state index contributed by atoms with van der Waals surface area (Å²) in [5.74, 6) is 0.344. The zero-order valence-electron chi connectivity index (χ0n) is 10.9. The lowest BCUT2D eigenvalue weighted by Crippen LogP contribution is -2.30.